The molecule has 0 amide bonds. The van der Waals surface area contributed by atoms with Gasteiger partial charge >= 0.3 is 36.8 Å². The molecular formula is C6H9LiO7. The Morgan fingerprint density at radius 3 is 1.86 bits per heavy atom. The van der Waals surface area contributed by atoms with Crippen molar-refractivity contribution >= 4 is 36.8 Å². The van der Waals surface area contributed by atoms with Crippen LogP contribution >= 0.6 is 0 Å². The molecule has 1 atom stereocenters. The van der Waals surface area contributed by atoms with Gasteiger partial charge in [0, 0.05) is 0 Å². The molecule has 0 saturated heterocycles. The van der Waals surface area contributed by atoms with Crippen molar-refractivity contribution in [2.24, 2.45) is 0 Å². The van der Waals surface area contributed by atoms with Crippen LogP contribution in [-0.4, -0.2) is 64.8 Å². The fourth-order valence-electron chi connectivity index (χ4n) is 0.548. The van der Waals surface area contributed by atoms with Gasteiger partial charge in [0.05, 0.1) is 6.42 Å². The third-order valence-electron chi connectivity index (χ3n) is 1.04. The number of carbonyl (C=O) groups is 3. The summed E-state index contributed by atoms with van der Waals surface area (Å²) in [6, 6.07) is 0. The normalized spacial score (nSPS) is 11.1. The summed E-state index contributed by atoms with van der Waals surface area (Å²) in [6.07, 6.45) is -2.38. The van der Waals surface area contributed by atoms with Crippen LogP contribution in [0.5, 0.6) is 0 Å². The molecule has 14 heavy (non-hydrogen) atoms. The van der Waals surface area contributed by atoms with Crippen LogP contribution in [0.3, 0.4) is 0 Å². The van der Waals surface area contributed by atoms with E-state index in [-0.39, 0.29) is 18.9 Å². The van der Waals surface area contributed by atoms with Crippen LogP contribution in [0.25, 0.3) is 0 Å². The average Bonchev–Trinajstić information content (AvgIpc) is 1.96. The number of hydrogen-bond donors (Lipinski definition) is 3. The van der Waals surface area contributed by atoms with Crippen molar-refractivity contribution in [1.82, 2.24) is 0 Å². The topological polar surface area (TPSA) is 121 Å². The van der Waals surface area contributed by atoms with Crippen LogP contribution in [0.15, 0.2) is 0 Å². The number of carboxylic acid groups (broad SMARTS) is 3. The summed E-state index contributed by atoms with van der Waals surface area (Å²) in [5.41, 5.74) is 0. The molecule has 0 bridgehead atoms. The van der Waals surface area contributed by atoms with E-state index in [2.05, 4.69) is 4.74 Å². The second kappa shape index (κ2) is 7.38. The third kappa shape index (κ3) is 7.61. The maximum absolute atomic E-state index is 10.3. The van der Waals surface area contributed by atoms with Gasteiger partial charge in [-0.15, -0.1) is 0 Å². The van der Waals surface area contributed by atoms with E-state index in [0.29, 0.717) is 0 Å². The third-order valence-corrected chi connectivity index (χ3v) is 1.04. The minimum absolute atomic E-state index is 0. The molecule has 0 aliphatic rings. The van der Waals surface area contributed by atoms with E-state index in [0.717, 1.165) is 0 Å². The summed E-state index contributed by atoms with van der Waals surface area (Å²) in [6.45, 7) is -0.829. The molecule has 0 aromatic rings. The van der Waals surface area contributed by atoms with Gasteiger partial charge in [-0.3, -0.25) is 4.79 Å². The standard InChI is InChI=1S/C6H8O7.Li.H/c7-4(8)1-3(6(11)12)13-2-5(9)10;;/h3H,1-2H2,(H,7,8)(H,9,10)(H,11,12);;. The van der Waals surface area contributed by atoms with Crippen molar-refractivity contribution in [2.45, 2.75) is 12.5 Å². The first-order valence-corrected chi connectivity index (χ1v) is 3.21. The van der Waals surface area contributed by atoms with E-state index in [1.54, 1.807) is 0 Å². The molecule has 0 saturated carbocycles. The zero-order chi connectivity index (χ0) is 10.4. The molecular weight excluding hydrogens is 191 g/mol. The maximum atomic E-state index is 10.3. The van der Waals surface area contributed by atoms with Gasteiger partial charge in [0.1, 0.15) is 6.61 Å². The fraction of sp³-hybridized carbons (Fsp3) is 0.500. The number of carboxylic acids is 3. The minimum atomic E-state index is -1.62. The summed E-state index contributed by atoms with van der Waals surface area (Å²) >= 11 is 0. The van der Waals surface area contributed by atoms with Gasteiger partial charge in [0.25, 0.3) is 0 Å². The van der Waals surface area contributed by atoms with Gasteiger partial charge in [-0.1, -0.05) is 0 Å². The van der Waals surface area contributed by atoms with Gasteiger partial charge in [-0.05, 0) is 0 Å². The van der Waals surface area contributed by atoms with Crippen LogP contribution < -0.4 is 0 Å². The van der Waals surface area contributed by atoms with Crippen LogP contribution in [0.4, 0.5) is 0 Å². The first kappa shape index (κ1) is 15.4. The summed E-state index contributed by atoms with van der Waals surface area (Å²) in [4.78, 5) is 30.3. The summed E-state index contributed by atoms with van der Waals surface area (Å²) < 4.78 is 4.30. The van der Waals surface area contributed by atoms with Crippen molar-refractivity contribution < 1.29 is 34.4 Å². The Morgan fingerprint density at radius 1 is 1.07 bits per heavy atom. The second-order valence-electron chi connectivity index (χ2n) is 2.13. The zero-order valence-corrected chi connectivity index (χ0v) is 6.47. The van der Waals surface area contributed by atoms with E-state index in [1.807, 2.05) is 0 Å². The van der Waals surface area contributed by atoms with E-state index in [9.17, 15) is 14.4 Å². The predicted octanol–water partition coefficient (Wildman–Crippen LogP) is -1.63. The molecule has 0 radical (unpaired) electrons. The number of hydrogen-bond acceptors (Lipinski definition) is 4. The van der Waals surface area contributed by atoms with Crippen molar-refractivity contribution in [2.75, 3.05) is 6.61 Å². The fourth-order valence-corrected chi connectivity index (χ4v) is 0.548. The zero-order valence-electron chi connectivity index (χ0n) is 6.47. The Labute approximate surface area is 90.8 Å². The average molecular weight is 200 g/mol. The molecule has 8 heteroatoms. The summed E-state index contributed by atoms with van der Waals surface area (Å²) in [5.74, 6) is -4.21. The van der Waals surface area contributed by atoms with E-state index < -0.39 is 37.0 Å². The van der Waals surface area contributed by atoms with Gasteiger partial charge in [0.2, 0.25) is 0 Å². The number of aliphatic carboxylic acids is 3. The molecule has 0 spiro atoms. The molecule has 0 heterocycles. The molecule has 0 rings (SSSR count). The van der Waals surface area contributed by atoms with Gasteiger partial charge in [0.15, 0.2) is 6.10 Å². The van der Waals surface area contributed by atoms with E-state index in [1.165, 1.54) is 0 Å². The molecule has 0 aliphatic heterocycles. The van der Waals surface area contributed by atoms with E-state index >= 15 is 0 Å². The molecule has 76 valence electrons. The molecule has 3 N–H and O–H groups in total. The monoisotopic (exact) mass is 200 g/mol. The summed E-state index contributed by atoms with van der Waals surface area (Å²) in [7, 11) is 0. The van der Waals surface area contributed by atoms with Crippen LogP contribution in [0.1, 0.15) is 6.42 Å². The van der Waals surface area contributed by atoms with E-state index in [4.69, 9.17) is 15.3 Å². The molecule has 0 aromatic heterocycles. The Kier molecular flexibility index (Phi) is 8.14. The van der Waals surface area contributed by atoms with Crippen LogP contribution in [-0.2, 0) is 19.1 Å². The van der Waals surface area contributed by atoms with Gasteiger partial charge in [-0.2, -0.15) is 0 Å². The quantitative estimate of drug-likeness (QED) is 0.440. The Balaban J connectivity index is 0. The van der Waals surface area contributed by atoms with Crippen molar-refractivity contribution in [1.29, 1.82) is 0 Å². The predicted molar refractivity (Wildman–Crippen MR) is 44.4 cm³/mol. The first-order valence-electron chi connectivity index (χ1n) is 3.21. The van der Waals surface area contributed by atoms with Gasteiger partial charge < -0.3 is 20.1 Å². The molecule has 0 aliphatic carbocycles. The van der Waals surface area contributed by atoms with Crippen LogP contribution in [0.2, 0.25) is 0 Å². The van der Waals surface area contributed by atoms with Gasteiger partial charge in [-0.25, -0.2) is 9.59 Å². The molecule has 1 unspecified atom stereocenters. The Morgan fingerprint density at radius 2 is 1.57 bits per heavy atom. The molecule has 7 nitrogen and oxygen atoms in total. The first-order chi connectivity index (χ1) is 5.93. The Hall–Kier alpha value is -1.03. The molecule has 0 fully saturated rings. The van der Waals surface area contributed by atoms with Crippen LogP contribution in [0, 0.1) is 0 Å². The Bertz CT molecular complexity index is 226. The van der Waals surface area contributed by atoms with Crippen molar-refractivity contribution in [3.05, 3.63) is 0 Å². The van der Waals surface area contributed by atoms with Crippen molar-refractivity contribution in [3.8, 4) is 0 Å². The molecule has 0 aromatic carbocycles. The second-order valence-corrected chi connectivity index (χ2v) is 2.13. The number of rotatable bonds is 6. The SMILES string of the molecule is O=C(O)COC(CC(=O)O)C(=O)O.[LiH]. The van der Waals surface area contributed by atoms with Crippen molar-refractivity contribution in [3.63, 3.8) is 0 Å². The summed E-state index contributed by atoms with van der Waals surface area (Å²) in [5, 5.41) is 24.7. The number of ether oxygens (including phenoxy) is 1.